The maximum absolute atomic E-state index is 2.41. The molecule has 0 saturated carbocycles. The van der Waals surface area contributed by atoms with Crippen LogP contribution in [0.15, 0.2) is 152 Å². The maximum atomic E-state index is 2.41. The number of aryl methyl sites for hydroxylation is 1. The molecule has 0 saturated heterocycles. The summed E-state index contributed by atoms with van der Waals surface area (Å²) in [4.78, 5) is 2.30. The molecule has 7 aromatic carbocycles. The highest BCUT2D eigenvalue weighted by Gasteiger charge is 2.29. The van der Waals surface area contributed by atoms with Crippen LogP contribution >= 0.6 is 0 Å². The molecule has 7 rings (SSSR count). The van der Waals surface area contributed by atoms with Crippen molar-refractivity contribution in [1.29, 1.82) is 0 Å². The van der Waals surface area contributed by atoms with Crippen LogP contribution in [0.25, 0.3) is 43.4 Å². The van der Waals surface area contributed by atoms with Crippen molar-refractivity contribution in [3.05, 3.63) is 168 Å². The average Bonchev–Trinajstić information content (AvgIpc) is 3.08. The molecular formula is C43H38BN. The Labute approximate surface area is 267 Å². The number of fused-ring (bicyclic) bond motifs is 3. The van der Waals surface area contributed by atoms with Gasteiger partial charge in [-0.25, -0.2) is 0 Å². The zero-order valence-corrected chi connectivity index (χ0v) is 26.4. The zero-order valence-electron chi connectivity index (χ0n) is 26.4. The number of rotatable bonds is 8. The van der Waals surface area contributed by atoms with Gasteiger partial charge in [0.15, 0.2) is 0 Å². The molecular weight excluding hydrogens is 541 g/mol. The summed E-state index contributed by atoms with van der Waals surface area (Å²) in [6, 6.07) is 56.4. The van der Waals surface area contributed by atoms with Gasteiger partial charge in [-0.3, -0.25) is 0 Å². The second kappa shape index (κ2) is 12.6. The van der Waals surface area contributed by atoms with Crippen molar-refractivity contribution in [3.63, 3.8) is 0 Å². The van der Waals surface area contributed by atoms with Crippen molar-refractivity contribution < 1.29 is 0 Å². The lowest BCUT2D eigenvalue weighted by Gasteiger charge is -2.26. The van der Waals surface area contributed by atoms with E-state index < -0.39 is 0 Å². The van der Waals surface area contributed by atoms with Crippen LogP contribution in [-0.2, 0) is 0 Å². The fourth-order valence-electron chi connectivity index (χ4n) is 6.70. The first-order chi connectivity index (χ1) is 22.0. The molecule has 0 spiro atoms. The van der Waals surface area contributed by atoms with Crippen molar-refractivity contribution in [2.75, 3.05) is 20.6 Å². The fourth-order valence-corrected chi connectivity index (χ4v) is 6.70. The normalized spacial score (nSPS) is 12.2. The van der Waals surface area contributed by atoms with E-state index in [1.807, 2.05) is 0 Å². The Morgan fingerprint density at radius 2 is 0.933 bits per heavy atom. The van der Waals surface area contributed by atoms with E-state index in [1.165, 1.54) is 71.0 Å². The van der Waals surface area contributed by atoms with E-state index in [1.54, 1.807) is 0 Å². The largest absolute Gasteiger partial charge is 0.309 e. The van der Waals surface area contributed by atoms with E-state index >= 15 is 0 Å². The average molecular weight is 580 g/mol. The van der Waals surface area contributed by atoms with Crippen molar-refractivity contribution in [2.24, 2.45) is 0 Å². The molecule has 0 fully saturated rings. The second-order valence-electron chi connectivity index (χ2n) is 12.5. The lowest BCUT2D eigenvalue weighted by molar-refractivity contribution is 0.419. The summed E-state index contributed by atoms with van der Waals surface area (Å²) in [6.07, 6.45) is 0.940. The van der Waals surface area contributed by atoms with Gasteiger partial charge in [-0.05, 0) is 82.5 Å². The van der Waals surface area contributed by atoms with E-state index in [2.05, 4.69) is 178 Å². The summed E-state index contributed by atoms with van der Waals surface area (Å²) in [6.45, 7) is 3.16. The van der Waals surface area contributed by atoms with Crippen LogP contribution < -0.4 is 10.9 Å². The smallest absolute Gasteiger partial charge is 0.242 e. The maximum Gasteiger partial charge on any atom is 0.242 e. The van der Waals surface area contributed by atoms with Crippen LogP contribution in [0.4, 0.5) is 0 Å². The van der Waals surface area contributed by atoms with Gasteiger partial charge in [-0.15, -0.1) is 0 Å². The molecule has 45 heavy (non-hydrogen) atoms. The third kappa shape index (κ3) is 6.07. The molecule has 0 amide bonds. The molecule has 0 N–H and O–H groups in total. The minimum Gasteiger partial charge on any atom is -0.309 e. The van der Waals surface area contributed by atoms with Gasteiger partial charge in [0.2, 0.25) is 6.71 Å². The summed E-state index contributed by atoms with van der Waals surface area (Å²) < 4.78 is 0. The second-order valence-corrected chi connectivity index (χ2v) is 12.5. The summed E-state index contributed by atoms with van der Waals surface area (Å²) in [5.41, 5.74) is 9.22. The fraction of sp³-hybridized carbons (Fsp3) is 0.116. The van der Waals surface area contributed by atoms with Gasteiger partial charge >= 0.3 is 0 Å². The summed E-state index contributed by atoms with van der Waals surface area (Å²) >= 11 is 0. The van der Waals surface area contributed by atoms with Gasteiger partial charge in [0.05, 0.1) is 0 Å². The third-order valence-electron chi connectivity index (χ3n) is 9.10. The van der Waals surface area contributed by atoms with Gasteiger partial charge < -0.3 is 4.90 Å². The standard InChI is InChI=1S/C43H38BN/c1-31-16-18-35(19-17-31)42(26-27-45(2)3)43(39-21-20-32-10-4-7-13-36(32)28-39)44(40-24-22-33-11-5-8-14-37(33)29-40)41-25-23-34-12-6-9-15-38(34)30-41/h4-25,28-30H,26-27H2,1-3H3/b43-42+. The first-order valence-electron chi connectivity index (χ1n) is 15.9. The summed E-state index contributed by atoms with van der Waals surface area (Å²) in [5, 5.41) is 7.59. The highest BCUT2D eigenvalue weighted by Crippen LogP contribution is 2.34. The number of hydrogen-bond acceptors (Lipinski definition) is 1. The molecule has 7 aromatic rings. The molecule has 0 heterocycles. The topological polar surface area (TPSA) is 3.24 Å². The lowest BCUT2D eigenvalue weighted by Crippen LogP contribution is -2.44. The van der Waals surface area contributed by atoms with Gasteiger partial charge in [0.1, 0.15) is 0 Å². The molecule has 1 nitrogen and oxygen atoms in total. The molecule has 0 aliphatic rings. The molecule has 2 heteroatoms. The molecule has 0 bridgehead atoms. The number of benzene rings is 7. The van der Waals surface area contributed by atoms with Crippen molar-refractivity contribution in [1.82, 2.24) is 4.90 Å². The van der Waals surface area contributed by atoms with E-state index in [9.17, 15) is 0 Å². The molecule has 0 radical (unpaired) electrons. The van der Waals surface area contributed by atoms with Crippen LogP contribution in [0.5, 0.6) is 0 Å². The highest BCUT2D eigenvalue weighted by atomic mass is 15.0. The molecule has 218 valence electrons. The van der Waals surface area contributed by atoms with Crippen LogP contribution in [0.2, 0.25) is 0 Å². The Kier molecular flexibility index (Phi) is 8.07. The Morgan fingerprint density at radius 1 is 0.489 bits per heavy atom. The van der Waals surface area contributed by atoms with E-state index in [4.69, 9.17) is 0 Å². The Balaban J connectivity index is 1.58. The van der Waals surface area contributed by atoms with Crippen LogP contribution in [0.3, 0.4) is 0 Å². The number of hydrogen-bond donors (Lipinski definition) is 0. The molecule has 0 aromatic heterocycles. The Morgan fingerprint density at radius 3 is 1.44 bits per heavy atom. The van der Waals surface area contributed by atoms with Crippen LogP contribution in [0, 0.1) is 6.92 Å². The molecule has 0 aliphatic carbocycles. The minimum atomic E-state index is 0.0267. The highest BCUT2D eigenvalue weighted by molar-refractivity contribution is 7.01. The summed E-state index contributed by atoms with van der Waals surface area (Å²) in [7, 11) is 4.35. The Bertz CT molecular complexity index is 2080. The van der Waals surface area contributed by atoms with Crippen molar-refractivity contribution in [2.45, 2.75) is 13.3 Å². The van der Waals surface area contributed by atoms with Gasteiger partial charge in [-0.2, -0.15) is 0 Å². The van der Waals surface area contributed by atoms with E-state index in [0.29, 0.717) is 0 Å². The molecule has 0 aliphatic heterocycles. The number of nitrogens with zero attached hydrogens (tertiary/aromatic N) is 1. The molecule has 0 unspecified atom stereocenters. The first kappa shape index (κ1) is 28.8. The van der Waals surface area contributed by atoms with Crippen LogP contribution in [0.1, 0.15) is 23.1 Å². The summed E-state index contributed by atoms with van der Waals surface area (Å²) in [5.74, 6) is 0. The molecule has 0 atom stereocenters. The quantitative estimate of drug-likeness (QED) is 0.128. The van der Waals surface area contributed by atoms with E-state index in [0.717, 1.165) is 13.0 Å². The lowest BCUT2D eigenvalue weighted by atomic mass is 9.34. The predicted molar refractivity (Wildman–Crippen MR) is 198 cm³/mol. The zero-order chi connectivity index (χ0) is 30.8. The predicted octanol–water partition coefficient (Wildman–Crippen LogP) is 9.17. The first-order valence-corrected chi connectivity index (χ1v) is 15.9. The van der Waals surface area contributed by atoms with Crippen molar-refractivity contribution >= 4 is 61.0 Å². The van der Waals surface area contributed by atoms with Crippen molar-refractivity contribution in [3.8, 4) is 0 Å². The van der Waals surface area contributed by atoms with Gasteiger partial charge in [0.25, 0.3) is 0 Å². The van der Waals surface area contributed by atoms with Gasteiger partial charge in [0, 0.05) is 6.54 Å². The van der Waals surface area contributed by atoms with Crippen LogP contribution in [-0.4, -0.2) is 32.3 Å². The Hall–Kier alpha value is -4.92. The van der Waals surface area contributed by atoms with E-state index in [-0.39, 0.29) is 6.71 Å². The SMILES string of the molecule is Cc1ccc(/C(CCN(C)C)=C(/B(c2ccc3ccccc3c2)c2ccc3ccccc3c2)c2ccc3ccccc3c2)cc1. The third-order valence-corrected chi connectivity index (χ3v) is 9.10. The minimum absolute atomic E-state index is 0.0267. The monoisotopic (exact) mass is 579 g/mol. The van der Waals surface area contributed by atoms with Gasteiger partial charge in [-0.1, -0.05) is 168 Å².